The SMILES string of the molecule is CC(C)(C)[Si](C)(C)OC[C@H]1O[C@]2(C=Cc3cc(=O)[nH]c(=O)n32)[C@H](O)[C@H]1O[Si](C)(C)C(C)(C)C. The predicted molar refractivity (Wildman–Crippen MR) is 134 cm³/mol. The molecule has 33 heavy (non-hydrogen) atoms. The molecule has 1 aromatic rings. The molecule has 0 radical (unpaired) electrons. The zero-order valence-electron chi connectivity index (χ0n) is 21.6. The fourth-order valence-corrected chi connectivity index (χ4v) is 6.04. The summed E-state index contributed by atoms with van der Waals surface area (Å²) in [5, 5.41) is 11.5. The van der Waals surface area contributed by atoms with E-state index in [9.17, 15) is 14.7 Å². The molecular formula is C23H40N2O6Si2. The number of aromatic nitrogens is 2. The third-order valence-corrected chi connectivity index (χ3v) is 16.9. The number of aromatic amines is 1. The van der Waals surface area contributed by atoms with Crippen LogP contribution in [0, 0.1) is 0 Å². The molecule has 2 aliphatic heterocycles. The van der Waals surface area contributed by atoms with E-state index < -0.39 is 51.9 Å². The Hall–Kier alpha value is -1.31. The van der Waals surface area contributed by atoms with Gasteiger partial charge in [-0.3, -0.25) is 14.3 Å². The number of hydrogen-bond donors (Lipinski definition) is 2. The van der Waals surface area contributed by atoms with Crippen LogP contribution in [0.3, 0.4) is 0 Å². The van der Waals surface area contributed by atoms with Gasteiger partial charge < -0.3 is 18.7 Å². The lowest BCUT2D eigenvalue weighted by atomic mass is 10.0. The molecule has 10 heteroatoms. The van der Waals surface area contributed by atoms with Crippen LogP contribution in [0.2, 0.25) is 36.3 Å². The largest absolute Gasteiger partial charge is 0.414 e. The number of nitrogens with one attached hydrogen (secondary N) is 1. The minimum absolute atomic E-state index is 0.00791. The molecule has 1 aromatic heterocycles. The number of H-pyrrole nitrogens is 1. The quantitative estimate of drug-likeness (QED) is 0.606. The van der Waals surface area contributed by atoms with Crippen LogP contribution in [0.4, 0.5) is 0 Å². The molecule has 0 amide bonds. The lowest BCUT2D eigenvalue weighted by Crippen LogP contribution is -2.53. The highest BCUT2D eigenvalue weighted by atomic mass is 28.4. The Morgan fingerprint density at radius 3 is 2.21 bits per heavy atom. The van der Waals surface area contributed by atoms with E-state index in [1.54, 1.807) is 12.2 Å². The summed E-state index contributed by atoms with van der Waals surface area (Å²) in [6.45, 7) is 21.7. The second-order valence-electron chi connectivity index (χ2n) is 12.3. The van der Waals surface area contributed by atoms with Crippen LogP contribution in [-0.4, -0.2) is 56.2 Å². The highest BCUT2D eigenvalue weighted by Crippen LogP contribution is 2.46. The van der Waals surface area contributed by atoms with Gasteiger partial charge in [0.15, 0.2) is 22.4 Å². The van der Waals surface area contributed by atoms with Gasteiger partial charge >= 0.3 is 5.69 Å². The van der Waals surface area contributed by atoms with E-state index in [1.807, 2.05) is 0 Å². The van der Waals surface area contributed by atoms with Crippen LogP contribution < -0.4 is 11.2 Å². The molecule has 0 aromatic carbocycles. The molecule has 0 aliphatic carbocycles. The molecule has 1 spiro atoms. The van der Waals surface area contributed by atoms with Crippen LogP contribution in [-0.2, 0) is 19.3 Å². The van der Waals surface area contributed by atoms with Crippen molar-refractivity contribution in [2.24, 2.45) is 0 Å². The summed E-state index contributed by atoms with van der Waals surface area (Å²) in [4.78, 5) is 26.9. The van der Waals surface area contributed by atoms with E-state index in [4.69, 9.17) is 13.6 Å². The van der Waals surface area contributed by atoms with Crippen LogP contribution in [0.25, 0.3) is 6.08 Å². The van der Waals surface area contributed by atoms with Crippen molar-refractivity contribution in [3.63, 3.8) is 0 Å². The summed E-state index contributed by atoms with van der Waals surface area (Å²) in [6.07, 6.45) is 0.861. The van der Waals surface area contributed by atoms with E-state index in [-0.39, 0.29) is 16.7 Å². The molecule has 1 saturated heterocycles. The van der Waals surface area contributed by atoms with E-state index in [2.05, 4.69) is 72.7 Å². The van der Waals surface area contributed by atoms with Crippen molar-refractivity contribution in [1.29, 1.82) is 0 Å². The summed E-state index contributed by atoms with van der Waals surface area (Å²) in [5.41, 5.74) is -2.18. The molecule has 8 nitrogen and oxygen atoms in total. The van der Waals surface area contributed by atoms with Crippen LogP contribution >= 0.6 is 0 Å². The van der Waals surface area contributed by atoms with Gasteiger partial charge in [-0.2, -0.15) is 0 Å². The van der Waals surface area contributed by atoms with Gasteiger partial charge in [0.05, 0.1) is 12.3 Å². The van der Waals surface area contributed by atoms with E-state index >= 15 is 0 Å². The lowest BCUT2D eigenvalue weighted by molar-refractivity contribution is -0.111. The Bertz CT molecular complexity index is 1050. The normalized spacial score (nSPS) is 28.0. The summed E-state index contributed by atoms with van der Waals surface area (Å²) < 4.78 is 20.9. The topological polar surface area (TPSA) is 103 Å². The maximum Gasteiger partial charge on any atom is 0.331 e. The van der Waals surface area contributed by atoms with Gasteiger partial charge in [-0.15, -0.1) is 0 Å². The van der Waals surface area contributed by atoms with E-state index in [0.29, 0.717) is 5.69 Å². The summed E-state index contributed by atoms with van der Waals surface area (Å²) in [5.74, 6) is 0. The van der Waals surface area contributed by atoms with Crippen molar-refractivity contribution in [3.8, 4) is 0 Å². The van der Waals surface area contributed by atoms with Gasteiger partial charge in [0.2, 0.25) is 0 Å². The highest BCUT2D eigenvalue weighted by molar-refractivity contribution is 6.74. The molecule has 4 atom stereocenters. The maximum atomic E-state index is 12.8. The fraction of sp³-hybridized carbons (Fsp3) is 0.739. The Morgan fingerprint density at radius 2 is 1.67 bits per heavy atom. The number of nitrogens with zero attached hydrogens (tertiary/aromatic N) is 1. The zero-order valence-corrected chi connectivity index (χ0v) is 23.6. The highest BCUT2D eigenvalue weighted by Gasteiger charge is 2.59. The van der Waals surface area contributed by atoms with Gasteiger partial charge in [0.1, 0.15) is 18.3 Å². The van der Waals surface area contributed by atoms with E-state index in [1.165, 1.54) is 10.6 Å². The molecule has 1 fully saturated rings. The van der Waals surface area contributed by atoms with Crippen molar-refractivity contribution in [1.82, 2.24) is 9.55 Å². The standard InChI is InChI=1S/C23H40N2O6Si2/c1-21(2,3)32(7,8)29-14-16-18(31-33(9,10)22(4,5)6)19(27)23(30-16)12-11-15-13-17(26)24-20(28)25(15)23/h11-13,16,18-19,27H,14H2,1-10H3,(H,24,26,28)/t16-,18+,19-,23-/m1/s1. The summed E-state index contributed by atoms with van der Waals surface area (Å²) in [6, 6.07) is 1.33. The van der Waals surface area contributed by atoms with E-state index in [0.717, 1.165) is 0 Å². The number of aliphatic hydroxyl groups excluding tert-OH is 1. The molecule has 3 heterocycles. The molecule has 0 bridgehead atoms. The molecule has 186 valence electrons. The van der Waals surface area contributed by atoms with Crippen molar-refractivity contribution in [2.75, 3.05) is 6.61 Å². The number of hydrogen-bond acceptors (Lipinski definition) is 6. The monoisotopic (exact) mass is 496 g/mol. The first-order valence-corrected chi connectivity index (χ1v) is 17.4. The van der Waals surface area contributed by atoms with Crippen LogP contribution in [0.5, 0.6) is 0 Å². The van der Waals surface area contributed by atoms with Crippen molar-refractivity contribution < 1.29 is 18.7 Å². The minimum atomic E-state index is -2.30. The Labute approximate surface area is 198 Å². The third-order valence-electron chi connectivity index (χ3n) is 7.91. The summed E-state index contributed by atoms with van der Waals surface area (Å²) >= 11 is 0. The number of ether oxygens (including phenoxy) is 1. The number of rotatable bonds is 5. The molecule has 0 unspecified atom stereocenters. The molecular weight excluding hydrogens is 456 g/mol. The van der Waals surface area contributed by atoms with Crippen molar-refractivity contribution in [3.05, 3.63) is 38.7 Å². The first-order chi connectivity index (χ1) is 14.8. The Morgan fingerprint density at radius 1 is 1.09 bits per heavy atom. The first kappa shape index (κ1) is 26.3. The molecule has 3 rings (SSSR count). The second kappa shape index (κ2) is 8.13. The van der Waals surface area contributed by atoms with Crippen LogP contribution in [0.1, 0.15) is 47.2 Å². The van der Waals surface area contributed by atoms with Gasteiger partial charge in [0.25, 0.3) is 5.56 Å². The fourth-order valence-electron chi connectivity index (χ4n) is 3.71. The average Bonchev–Trinajstić information content (AvgIpc) is 3.11. The average molecular weight is 497 g/mol. The number of aliphatic hydroxyl groups is 1. The minimum Gasteiger partial charge on any atom is -0.414 e. The smallest absolute Gasteiger partial charge is 0.331 e. The maximum absolute atomic E-state index is 12.8. The van der Waals surface area contributed by atoms with Gasteiger partial charge in [-0.1, -0.05) is 41.5 Å². The second-order valence-corrected chi connectivity index (χ2v) is 21.9. The molecule has 2 aliphatic rings. The van der Waals surface area contributed by atoms with Gasteiger partial charge in [0, 0.05) is 6.07 Å². The van der Waals surface area contributed by atoms with Crippen LogP contribution in [0.15, 0.2) is 21.7 Å². The molecule has 2 N–H and O–H groups in total. The lowest BCUT2D eigenvalue weighted by Gasteiger charge is -2.41. The molecule has 0 saturated carbocycles. The van der Waals surface area contributed by atoms with Gasteiger partial charge in [-0.25, -0.2) is 4.79 Å². The van der Waals surface area contributed by atoms with Crippen molar-refractivity contribution >= 4 is 22.7 Å². The number of fused-ring (bicyclic) bond motifs is 2. The Kier molecular flexibility index (Phi) is 6.48. The Balaban J connectivity index is 2.02. The third kappa shape index (κ3) is 4.53. The van der Waals surface area contributed by atoms with Gasteiger partial charge in [-0.05, 0) is 48.4 Å². The first-order valence-electron chi connectivity index (χ1n) is 11.6. The zero-order chi connectivity index (χ0) is 25.2. The van der Waals surface area contributed by atoms with Crippen molar-refractivity contribution in [2.45, 2.75) is 102 Å². The summed E-state index contributed by atoms with van der Waals surface area (Å²) in [7, 11) is -4.40. The predicted octanol–water partition coefficient (Wildman–Crippen LogP) is 3.39.